The molecule has 2 N–H and O–H groups in total. The average Bonchev–Trinajstić information content (AvgIpc) is 2.90. The zero-order valence-electron chi connectivity index (χ0n) is 17.4. The van der Waals surface area contributed by atoms with Crippen molar-refractivity contribution in [2.45, 2.75) is 65.6 Å². The molecule has 1 aromatic heterocycles. The molecule has 1 saturated heterocycles. The van der Waals surface area contributed by atoms with Gasteiger partial charge in [0, 0.05) is 32.7 Å². The summed E-state index contributed by atoms with van der Waals surface area (Å²) in [4.78, 5) is 18.7. The molecule has 1 atom stereocenters. The monoisotopic (exact) mass is 379 g/mol. The maximum absolute atomic E-state index is 12.3. The minimum absolute atomic E-state index is 0.130. The number of likely N-dealkylation sites (tertiary alicyclic amines) is 1. The lowest BCUT2D eigenvalue weighted by Crippen LogP contribution is -2.53. The molecule has 1 aromatic rings. The van der Waals surface area contributed by atoms with Gasteiger partial charge in [-0.1, -0.05) is 0 Å². The fraction of sp³-hybridized carbons (Fsp3) is 0.778. The molecule has 2 heterocycles. The van der Waals surface area contributed by atoms with E-state index in [0.29, 0.717) is 19.0 Å². The largest absolute Gasteiger partial charge is 0.444 e. The number of ether oxygens (including phenoxy) is 1. The molecule has 1 fully saturated rings. The summed E-state index contributed by atoms with van der Waals surface area (Å²) in [6.45, 7) is 12.1. The molecule has 9 nitrogen and oxygen atoms in total. The van der Waals surface area contributed by atoms with Crippen molar-refractivity contribution in [1.82, 2.24) is 30.3 Å². The maximum atomic E-state index is 12.3. The van der Waals surface area contributed by atoms with Gasteiger partial charge >= 0.3 is 6.09 Å². The Morgan fingerprint density at radius 2 is 2.11 bits per heavy atom. The highest BCUT2D eigenvalue weighted by molar-refractivity contribution is 5.80. The molecule has 0 aliphatic carbocycles. The lowest BCUT2D eigenvalue weighted by atomic mass is 10.1. The van der Waals surface area contributed by atoms with Gasteiger partial charge in [0.15, 0.2) is 11.8 Å². The summed E-state index contributed by atoms with van der Waals surface area (Å²) in [5.41, 5.74) is -0.484. The van der Waals surface area contributed by atoms with Crippen molar-refractivity contribution in [2.75, 3.05) is 19.6 Å². The van der Waals surface area contributed by atoms with Crippen molar-refractivity contribution in [3.05, 3.63) is 11.6 Å². The Balaban J connectivity index is 1.97. The van der Waals surface area contributed by atoms with E-state index in [9.17, 15) is 4.79 Å². The first kappa shape index (κ1) is 21.0. The van der Waals surface area contributed by atoms with Crippen LogP contribution in [0.5, 0.6) is 0 Å². The Labute approximate surface area is 161 Å². The fourth-order valence-electron chi connectivity index (χ4n) is 2.84. The van der Waals surface area contributed by atoms with Crippen LogP contribution < -0.4 is 10.6 Å². The van der Waals surface area contributed by atoms with E-state index in [4.69, 9.17) is 4.74 Å². The van der Waals surface area contributed by atoms with Crippen LogP contribution in [0.15, 0.2) is 4.99 Å². The number of aryl methyl sites for hydroxylation is 1. The van der Waals surface area contributed by atoms with E-state index in [1.165, 1.54) is 0 Å². The molecule has 9 heteroatoms. The number of nitrogens with one attached hydrogen (secondary N) is 2. The number of rotatable bonds is 4. The summed E-state index contributed by atoms with van der Waals surface area (Å²) >= 11 is 0. The second-order valence-electron chi connectivity index (χ2n) is 7.83. The summed E-state index contributed by atoms with van der Waals surface area (Å²) < 4.78 is 7.42. The van der Waals surface area contributed by atoms with E-state index in [-0.39, 0.29) is 12.1 Å². The van der Waals surface area contributed by atoms with Gasteiger partial charge in [0.25, 0.3) is 0 Å². The van der Waals surface area contributed by atoms with Crippen molar-refractivity contribution < 1.29 is 9.53 Å². The number of nitrogens with zero attached hydrogens (tertiary/aromatic N) is 5. The Morgan fingerprint density at radius 3 is 2.70 bits per heavy atom. The zero-order chi connectivity index (χ0) is 20.0. The van der Waals surface area contributed by atoms with Crippen LogP contribution in [0.1, 0.15) is 52.2 Å². The molecule has 152 valence electrons. The Kier molecular flexibility index (Phi) is 7.04. The summed E-state index contributed by atoms with van der Waals surface area (Å²) in [5.74, 6) is 2.39. The number of aliphatic imine (C=N–C) groups is 1. The molecule has 1 unspecified atom stereocenters. The summed E-state index contributed by atoms with van der Waals surface area (Å²) in [5, 5.41) is 14.9. The number of hydrogen-bond donors (Lipinski definition) is 2. The number of carbonyl (C=O) groups is 1. The molecule has 0 radical (unpaired) electrons. The normalized spacial score (nSPS) is 18.4. The third-order valence-electron chi connectivity index (χ3n) is 4.32. The van der Waals surface area contributed by atoms with Crippen LogP contribution in [-0.2, 0) is 18.3 Å². The molecule has 1 aliphatic heterocycles. The number of amides is 1. The first-order valence-corrected chi connectivity index (χ1v) is 9.57. The number of aromatic nitrogens is 3. The number of guanidine groups is 1. The van der Waals surface area contributed by atoms with Crippen LogP contribution >= 0.6 is 0 Å². The smallest absolute Gasteiger partial charge is 0.410 e. The van der Waals surface area contributed by atoms with Gasteiger partial charge < -0.3 is 24.8 Å². The molecule has 0 saturated carbocycles. The molecular formula is C18H33N7O2. The van der Waals surface area contributed by atoms with Crippen molar-refractivity contribution in [3.63, 3.8) is 0 Å². The maximum Gasteiger partial charge on any atom is 0.410 e. The highest BCUT2D eigenvalue weighted by Crippen LogP contribution is 2.15. The Bertz CT molecular complexity index is 663. The van der Waals surface area contributed by atoms with Crippen LogP contribution in [0.3, 0.4) is 0 Å². The number of carbonyl (C=O) groups excluding carboxylic acids is 1. The summed E-state index contributed by atoms with van der Waals surface area (Å²) in [6.07, 6.45) is 1.65. The zero-order valence-corrected chi connectivity index (χ0v) is 17.4. The van der Waals surface area contributed by atoms with Gasteiger partial charge in [-0.05, 0) is 47.5 Å². The van der Waals surface area contributed by atoms with E-state index in [2.05, 4.69) is 25.8 Å². The summed E-state index contributed by atoms with van der Waals surface area (Å²) in [7, 11) is 1.93. The first-order valence-electron chi connectivity index (χ1n) is 9.57. The molecule has 0 bridgehead atoms. The highest BCUT2D eigenvalue weighted by atomic mass is 16.6. The second kappa shape index (κ2) is 9.05. The SMILES string of the molecule is CCNC(=NCc1nnc(C)n1C)NC1CCCN(C(=O)OC(C)(C)C)C1. The van der Waals surface area contributed by atoms with Crippen LogP contribution in [-0.4, -0.2) is 63.0 Å². The average molecular weight is 380 g/mol. The van der Waals surface area contributed by atoms with Crippen molar-refractivity contribution in [3.8, 4) is 0 Å². The van der Waals surface area contributed by atoms with E-state index in [0.717, 1.165) is 37.6 Å². The van der Waals surface area contributed by atoms with Crippen molar-refractivity contribution in [1.29, 1.82) is 0 Å². The quantitative estimate of drug-likeness (QED) is 0.609. The lowest BCUT2D eigenvalue weighted by Gasteiger charge is -2.35. The van der Waals surface area contributed by atoms with E-state index in [1.54, 1.807) is 4.90 Å². The number of hydrogen-bond acceptors (Lipinski definition) is 5. The standard InChI is InChI=1S/C18H33N7O2/c1-7-19-16(20-11-15-23-22-13(2)24(15)6)21-14-9-8-10-25(12-14)17(26)27-18(3,4)5/h14H,7-12H2,1-6H3,(H2,19,20,21). The molecule has 27 heavy (non-hydrogen) atoms. The van der Waals surface area contributed by atoms with Gasteiger partial charge in [0.1, 0.15) is 18.0 Å². The van der Waals surface area contributed by atoms with Crippen LogP contribution in [0, 0.1) is 6.92 Å². The van der Waals surface area contributed by atoms with E-state index < -0.39 is 5.60 Å². The van der Waals surface area contributed by atoms with E-state index in [1.807, 2.05) is 46.2 Å². The third kappa shape index (κ3) is 6.41. The lowest BCUT2D eigenvalue weighted by molar-refractivity contribution is 0.0193. The minimum atomic E-state index is -0.484. The van der Waals surface area contributed by atoms with Crippen molar-refractivity contribution in [2.24, 2.45) is 12.0 Å². The predicted octanol–water partition coefficient (Wildman–Crippen LogP) is 1.58. The topological polar surface area (TPSA) is 96.7 Å². The van der Waals surface area contributed by atoms with Gasteiger partial charge in [-0.3, -0.25) is 0 Å². The van der Waals surface area contributed by atoms with Gasteiger partial charge in [-0.2, -0.15) is 0 Å². The van der Waals surface area contributed by atoms with Crippen LogP contribution in [0.2, 0.25) is 0 Å². The molecule has 1 amide bonds. The first-order chi connectivity index (χ1) is 12.7. The molecule has 0 spiro atoms. The molecular weight excluding hydrogens is 346 g/mol. The number of piperidine rings is 1. The van der Waals surface area contributed by atoms with Gasteiger partial charge in [0.05, 0.1) is 0 Å². The predicted molar refractivity (Wildman–Crippen MR) is 105 cm³/mol. The molecule has 2 rings (SSSR count). The van der Waals surface area contributed by atoms with Gasteiger partial charge in [-0.25, -0.2) is 9.79 Å². The molecule has 1 aliphatic rings. The highest BCUT2D eigenvalue weighted by Gasteiger charge is 2.28. The summed E-state index contributed by atoms with van der Waals surface area (Å²) in [6, 6.07) is 0.130. The van der Waals surface area contributed by atoms with Crippen LogP contribution in [0.25, 0.3) is 0 Å². The second-order valence-corrected chi connectivity index (χ2v) is 7.83. The molecule has 0 aromatic carbocycles. The van der Waals surface area contributed by atoms with Gasteiger partial charge in [-0.15, -0.1) is 10.2 Å². The fourth-order valence-corrected chi connectivity index (χ4v) is 2.84. The van der Waals surface area contributed by atoms with Crippen LogP contribution in [0.4, 0.5) is 4.79 Å². The van der Waals surface area contributed by atoms with Crippen molar-refractivity contribution >= 4 is 12.1 Å². The third-order valence-corrected chi connectivity index (χ3v) is 4.32. The Morgan fingerprint density at radius 1 is 1.37 bits per heavy atom. The minimum Gasteiger partial charge on any atom is -0.444 e. The van der Waals surface area contributed by atoms with Gasteiger partial charge in [0.2, 0.25) is 0 Å². The van der Waals surface area contributed by atoms with E-state index >= 15 is 0 Å². The Hall–Kier alpha value is -2.32.